The zero-order chi connectivity index (χ0) is 22.0. The molecule has 4 rings (SSSR count). The third-order valence-corrected chi connectivity index (χ3v) is 7.79. The van der Waals surface area contributed by atoms with E-state index in [0.717, 1.165) is 21.3 Å². The van der Waals surface area contributed by atoms with E-state index in [1.165, 1.54) is 16.4 Å². The number of aryl methyl sites for hydroxylation is 1. The van der Waals surface area contributed by atoms with E-state index in [2.05, 4.69) is 21.2 Å². The Balaban J connectivity index is 1.40. The van der Waals surface area contributed by atoms with E-state index in [-0.39, 0.29) is 17.4 Å². The van der Waals surface area contributed by atoms with Crippen LogP contribution in [0.4, 0.5) is 11.4 Å². The fourth-order valence-electron chi connectivity index (χ4n) is 3.45. The van der Waals surface area contributed by atoms with Gasteiger partial charge in [-0.15, -0.1) is 0 Å². The van der Waals surface area contributed by atoms with Crippen LogP contribution in [0.3, 0.4) is 0 Å². The molecule has 8 heteroatoms. The number of hydrogen-bond donors (Lipinski definition) is 1. The number of halogens is 1. The number of nitrogens with zero attached hydrogens (tertiary/aromatic N) is 1. The average Bonchev–Trinajstić information content (AvgIpc) is 3.20. The summed E-state index contributed by atoms with van der Waals surface area (Å²) in [5.41, 5.74) is 3.26. The number of nitrogens with one attached hydrogen (secondary N) is 1. The first kappa shape index (κ1) is 21.4. The molecule has 1 heterocycles. The normalized spacial score (nSPS) is 13.0. The number of carbonyl (C=O) groups is 1. The van der Waals surface area contributed by atoms with Gasteiger partial charge in [0.15, 0.2) is 6.61 Å². The van der Waals surface area contributed by atoms with E-state index in [4.69, 9.17) is 4.74 Å². The van der Waals surface area contributed by atoms with Crippen molar-refractivity contribution in [3.05, 3.63) is 82.3 Å². The maximum atomic E-state index is 13.1. The van der Waals surface area contributed by atoms with E-state index in [1.54, 1.807) is 18.2 Å². The summed E-state index contributed by atoms with van der Waals surface area (Å²) in [5, 5.41) is 2.72. The second-order valence-electron chi connectivity index (χ2n) is 7.23. The summed E-state index contributed by atoms with van der Waals surface area (Å²) in [7, 11) is -3.66. The number of amides is 1. The molecule has 0 saturated carbocycles. The van der Waals surface area contributed by atoms with Crippen LogP contribution < -0.4 is 14.4 Å². The lowest BCUT2D eigenvalue weighted by Gasteiger charge is -2.19. The minimum Gasteiger partial charge on any atom is -0.484 e. The molecule has 0 radical (unpaired) electrons. The molecule has 0 saturated heterocycles. The lowest BCUT2D eigenvalue weighted by atomic mass is 10.2. The molecular weight excluding hydrogens is 480 g/mol. The number of para-hydroxylation sites is 1. The minimum atomic E-state index is -3.66. The van der Waals surface area contributed by atoms with E-state index in [1.807, 2.05) is 43.3 Å². The molecule has 0 atom stereocenters. The third kappa shape index (κ3) is 4.60. The fourth-order valence-corrected chi connectivity index (χ4v) is 5.20. The summed E-state index contributed by atoms with van der Waals surface area (Å²) >= 11 is 3.42. The topological polar surface area (TPSA) is 75.7 Å². The first-order chi connectivity index (χ1) is 14.8. The van der Waals surface area contributed by atoms with Crippen LogP contribution in [0.2, 0.25) is 0 Å². The molecular formula is C23H21BrN2O4S. The Morgan fingerprint density at radius 3 is 2.58 bits per heavy atom. The Bertz CT molecular complexity index is 1230. The van der Waals surface area contributed by atoms with Gasteiger partial charge in [-0.25, -0.2) is 8.42 Å². The van der Waals surface area contributed by atoms with Crippen LogP contribution in [-0.4, -0.2) is 27.5 Å². The second-order valence-corrected chi connectivity index (χ2v) is 9.94. The van der Waals surface area contributed by atoms with Gasteiger partial charge in [-0.3, -0.25) is 9.10 Å². The monoisotopic (exact) mass is 500 g/mol. The van der Waals surface area contributed by atoms with E-state index in [9.17, 15) is 13.2 Å². The molecule has 0 aromatic heterocycles. The number of fused-ring (bicyclic) bond motifs is 1. The fraction of sp³-hybridized carbons (Fsp3) is 0.174. The van der Waals surface area contributed by atoms with E-state index in [0.29, 0.717) is 24.4 Å². The Labute approximate surface area is 190 Å². The highest BCUT2D eigenvalue weighted by atomic mass is 79.9. The molecule has 0 spiro atoms. The Morgan fingerprint density at radius 1 is 1.10 bits per heavy atom. The standard InChI is InChI=1S/C23H21BrN2O4S/c1-16-14-19(8-11-21(16)24)30-15-23(27)25-18-6-9-20(10-7-18)31(28,29)26-13-12-17-4-2-3-5-22(17)26/h2-11,14H,12-13,15H2,1H3,(H,25,27). The quantitative estimate of drug-likeness (QED) is 0.539. The van der Waals surface area contributed by atoms with Crippen molar-refractivity contribution in [2.75, 3.05) is 22.8 Å². The van der Waals surface area contributed by atoms with Crippen LogP contribution in [0.5, 0.6) is 5.75 Å². The summed E-state index contributed by atoms with van der Waals surface area (Å²) < 4.78 is 34.0. The van der Waals surface area contributed by atoms with Gasteiger partial charge in [-0.05, 0) is 73.0 Å². The molecule has 0 unspecified atom stereocenters. The van der Waals surface area contributed by atoms with Crippen LogP contribution in [0.1, 0.15) is 11.1 Å². The smallest absolute Gasteiger partial charge is 0.264 e. The molecule has 31 heavy (non-hydrogen) atoms. The summed E-state index contributed by atoms with van der Waals surface area (Å²) in [6.07, 6.45) is 0.696. The molecule has 0 aliphatic carbocycles. The molecule has 0 bridgehead atoms. The van der Waals surface area contributed by atoms with Crippen LogP contribution in [-0.2, 0) is 21.2 Å². The van der Waals surface area contributed by atoms with E-state index < -0.39 is 10.0 Å². The Morgan fingerprint density at radius 2 is 1.84 bits per heavy atom. The van der Waals surface area contributed by atoms with Crippen molar-refractivity contribution in [3.63, 3.8) is 0 Å². The van der Waals surface area contributed by atoms with Gasteiger partial charge < -0.3 is 10.1 Å². The molecule has 3 aromatic rings. The van der Waals surface area contributed by atoms with Gasteiger partial charge in [0.2, 0.25) is 0 Å². The van der Waals surface area contributed by atoms with Crippen LogP contribution in [0, 0.1) is 6.92 Å². The van der Waals surface area contributed by atoms with Crippen molar-refractivity contribution in [3.8, 4) is 5.75 Å². The van der Waals surface area contributed by atoms with Gasteiger partial charge in [-0.2, -0.15) is 0 Å². The highest BCUT2D eigenvalue weighted by molar-refractivity contribution is 9.10. The van der Waals surface area contributed by atoms with Gasteiger partial charge in [0.1, 0.15) is 5.75 Å². The van der Waals surface area contributed by atoms with Gasteiger partial charge in [0, 0.05) is 16.7 Å². The van der Waals surface area contributed by atoms with Crippen molar-refractivity contribution < 1.29 is 17.9 Å². The summed E-state index contributed by atoms with van der Waals surface area (Å²) in [5.74, 6) is 0.271. The number of sulfonamides is 1. The predicted molar refractivity (Wildman–Crippen MR) is 124 cm³/mol. The van der Waals surface area contributed by atoms with Crippen LogP contribution >= 0.6 is 15.9 Å². The molecule has 1 amide bonds. The van der Waals surface area contributed by atoms with Gasteiger partial charge >= 0.3 is 0 Å². The highest BCUT2D eigenvalue weighted by Gasteiger charge is 2.30. The van der Waals surface area contributed by atoms with Gasteiger partial charge in [0.25, 0.3) is 15.9 Å². The molecule has 1 N–H and O–H groups in total. The summed E-state index contributed by atoms with van der Waals surface area (Å²) in [4.78, 5) is 12.4. The predicted octanol–water partition coefficient (Wildman–Crippen LogP) is 4.53. The number of anilines is 2. The highest BCUT2D eigenvalue weighted by Crippen LogP contribution is 2.32. The number of ether oxygens (including phenoxy) is 1. The summed E-state index contributed by atoms with van der Waals surface area (Å²) in [6.45, 7) is 2.21. The minimum absolute atomic E-state index is 0.147. The molecule has 3 aromatic carbocycles. The molecule has 1 aliphatic heterocycles. The summed E-state index contributed by atoms with van der Waals surface area (Å²) in [6, 6.07) is 19.2. The number of hydrogen-bond acceptors (Lipinski definition) is 4. The van der Waals surface area contributed by atoms with Crippen molar-refractivity contribution in [1.82, 2.24) is 0 Å². The van der Waals surface area contributed by atoms with Gasteiger partial charge in [0.05, 0.1) is 10.6 Å². The van der Waals surface area contributed by atoms with Crippen LogP contribution in [0.15, 0.2) is 76.1 Å². The molecule has 6 nitrogen and oxygen atoms in total. The molecule has 160 valence electrons. The largest absolute Gasteiger partial charge is 0.484 e. The number of rotatable bonds is 6. The zero-order valence-electron chi connectivity index (χ0n) is 16.8. The lowest BCUT2D eigenvalue weighted by Crippen LogP contribution is -2.29. The first-order valence-corrected chi connectivity index (χ1v) is 12.0. The molecule has 1 aliphatic rings. The van der Waals surface area contributed by atoms with Crippen molar-refractivity contribution >= 4 is 43.2 Å². The SMILES string of the molecule is Cc1cc(OCC(=O)Nc2ccc(S(=O)(=O)N3CCc4ccccc43)cc2)ccc1Br. The molecule has 0 fully saturated rings. The van der Waals surface area contributed by atoms with Crippen molar-refractivity contribution in [1.29, 1.82) is 0 Å². The Hall–Kier alpha value is -2.84. The lowest BCUT2D eigenvalue weighted by molar-refractivity contribution is -0.118. The maximum absolute atomic E-state index is 13.1. The Kier molecular flexibility index (Phi) is 6.02. The number of carbonyl (C=O) groups excluding carboxylic acids is 1. The first-order valence-electron chi connectivity index (χ1n) is 9.74. The maximum Gasteiger partial charge on any atom is 0.264 e. The second kappa shape index (κ2) is 8.72. The average molecular weight is 501 g/mol. The van der Waals surface area contributed by atoms with Crippen molar-refractivity contribution in [2.45, 2.75) is 18.2 Å². The number of benzene rings is 3. The zero-order valence-corrected chi connectivity index (χ0v) is 19.2. The van der Waals surface area contributed by atoms with Crippen LogP contribution in [0.25, 0.3) is 0 Å². The van der Waals surface area contributed by atoms with E-state index >= 15 is 0 Å². The third-order valence-electron chi connectivity index (χ3n) is 5.07. The van der Waals surface area contributed by atoms with Crippen molar-refractivity contribution in [2.24, 2.45) is 0 Å². The van der Waals surface area contributed by atoms with Gasteiger partial charge in [-0.1, -0.05) is 34.1 Å².